The van der Waals surface area contributed by atoms with Gasteiger partial charge in [0.05, 0.1) is 23.1 Å². The van der Waals surface area contributed by atoms with Crippen LogP contribution in [-0.4, -0.2) is 25.5 Å². The van der Waals surface area contributed by atoms with Crippen molar-refractivity contribution in [1.82, 2.24) is 10.6 Å². The van der Waals surface area contributed by atoms with E-state index in [0.717, 1.165) is 22.5 Å². The predicted octanol–water partition coefficient (Wildman–Crippen LogP) is 3.75. The molecule has 0 saturated carbocycles. The van der Waals surface area contributed by atoms with Gasteiger partial charge in [0.1, 0.15) is 5.00 Å². The number of nitrogens with one attached hydrogen (secondary N) is 2. The van der Waals surface area contributed by atoms with Crippen LogP contribution < -0.4 is 16.4 Å². The lowest BCUT2D eigenvalue weighted by Crippen LogP contribution is -2.25. The summed E-state index contributed by atoms with van der Waals surface area (Å²) in [5, 5.41) is 6.40. The standard InChI is InChI=1S/C23H25N3O3S/c1-3-29-23(28)18-17(20(22(27)25-2)30-21(18)24)14-26-19(15-10-6-4-7-11-15)16-12-8-5-9-13-16/h4-13,19,26H,3,14,24H2,1-2H3,(H,25,27). The molecule has 0 aliphatic rings. The molecule has 2 aromatic carbocycles. The number of hydrogen-bond donors (Lipinski definition) is 3. The molecule has 156 valence electrons. The third-order valence-corrected chi connectivity index (χ3v) is 5.76. The Kier molecular flexibility index (Phi) is 7.21. The van der Waals surface area contributed by atoms with Crippen molar-refractivity contribution in [2.75, 3.05) is 19.4 Å². The number of amides is 1. The molecule has 0 aliphatic heterocycles. The highest BCUT2D eigenvalue weighted by Gasteiger charge is 2.27. The molecule has 0 spiro atoms. The Morgan fingerprint density at radius 1 is 1.03 bits per heavy atom. The highest BCUT2D eigenvalue weighted by atomic mass is 32.1. The van der Waals surface area contributed by atoms with Gasteiger partial charge in [0.25, 0.3) is 5.91 Å². The molecule has 1 heterocycles. The van der Waals surface area contributed by atoms with E-state index < -0.39 is 5.97 Å². The minimum atomic E-state index is -0.519. The van der Waals surface area contributed by atoms with Gasteiger partial charge in [-0.05, 0) is 18.1 Å². The molecule has 0 atom stereocenters. The van der Waals surface area contributed by atoms with E-state index >= 15 is 0 Å². The molecule has 0 bridgehead atoms. The summed E-state index contributed by atoms with van der Waals surface area (Å²) < 4.78 is 5.18. The summed E-state index contributed by atoms with van der Waals surface area (Å²) in [6.07, 6.45) is 0. The molecule has 0 saturated heterocycles. The fraction of sp³-hybridized carbons (Fsp3) is 0.217. The number of carbonyl (C=O) groups is 2. The largest absolute Gasteiger partial charge is 0.462 e. The molecule has 1 amide bonds. The van der Waals surface area contributed by atoms with Crippen molar-refractivity contribution in [2.24, 2.45) is 0 Å². The van der Waals surface area contributed by atoms with Crippen molar-refractivity contribution in [3.63, 3.8) is 0 Å². The van der Waals surface area contributed by atoms with Crippen LogP contribution in [-0.2, 0) is 11.3 Å². The second kappa shape index (κ2) is 10.0. The van der Waals surface area contributed by atoms with Gasteiger partial charge < -0.3 is 21.1 Å². The normalized spacial score (nSPS) is 10.8. The summed E-state index contributed by atoms with van der Waals surface area (Å²) in [5.41, 5.74) is 9.06. The van der Waals surface area contributed by atoms with E-state index in [1.165, 1.54) is 0 Å². The molecule has 3 rings (SSSR count). The van der Waals surface area contributed by atoms with E-state index in [9.17, 15) is 9.59 Å². The first-order valence-corrected chi connectivity index (χ1v) is 10.5. The van der Waals surface area contributed by atoms with E-state index in [0.29, 0.717) is 10.4 Å². The molecular weight excluding hydrogens is 398 g/mol. The Bertz CT molecular complexity index is 964. The van der Waals surface area contributed by atoms with Gasteiger partial charge in [-0.1, -0.05) is 60.7 Å². The fourth-order valence-electron chi connectivity index (χ4n) is 3.30. The molecule has 1 aromatic heterocycles. The second-order valence-electron chi connectivity index (χ2n) is 6.58. The van der Waals surface area contributed by atoms with Gasteiger partial charge in [0.15, 0.2) is 0 Å². The van der Waals surface area contributed by atoms with Crippen LogP contribution in [0.4, 0.5) is 5.00 Å². The van der Waals surface area contributed by atoms with E-state index in [4.69, 9.17) is 10.5 Å². The highest BCUT2D eigenvalue weighted by Crippen LogP contribution is 2.33. The highest BCUT2D eigenvalue weighted by molar-refractivity contribution is 7.18. The Balaban J connectivity index is 1.99. The van der Waals surface area contributed by atoms with Gasteiger partial charge in [-0.2, -0.15) is 0 Å². The number of benzene rings is 2. The van der Waals surface area contributed by atoms with Gasteiger partial charge in [-0.15, -0.1) is 11.3 Å². The molecule has 3 aromatic rings. The van der Waals surface area contributed by atoms with Crippen molar-refractivity contribution >= 4 is 28.2 Å². The molecule has 6 nitrogen and oxygen atoms in total. The van der Waals surface area contributed by atoms with Crippen molar-refractivity contribution in [3.05, 3.63) is 87.8 Å². The number of thiophene rings is 1. The molecule has 7 heteroatoms. The monoisotopic (exact) mass is 423 g/mol. The van der Waals surface area contributed by atoms with Crippen LogP contribution >= 0.6 is 11.3 Å². The van der Waals surface area contributed by atoms with Crippen molar-refractivity contribution in [2.45, 2.75) is 19.5 Å². The maximum Gasteiger partial charge on any atom is 0.341 e. The van der Waals surface area contributed by atoms with E-state index in [-0.39, 0.29) is 35.7 Å². The van der Waals surface area contributed by atoms with Gasteiger partial charge in [0.2, 0.25) is 0 Å². The summed E-state index contributed by atoms with van der Waals surface area (Å²) in [6, 6.07) is 19.9. The van der Waals surface area contributed by atoms with Crippen LogP contribution in [0, 0.1) is 0 Å². The van der Waals surface area contributed by atoms with Crippen LogP contribution in [0.15, 0.2) is 60.7 Å². The van der Waals surface area contributed by atoms with Crippen LogP contribution in [0.2, 0.25) is 0 Å². The average molecular weight is 424 g/mol. The fourth-order valence-corrected chi connectivity index (χ4v) is 4.32. The molecule has 4 N–H and O–H groups in total. The van der Waals surface area contributed by atoms with Crippen molar-refractivity contribution < 1.29 is 14.3 Å². The SMILES string of the molecule is CCOC(=O)c1c(N)sc(C(=O)NC)c1CNC(c1ccccc1)c1ccccc1. The van der Waals surface area contributed by atoms with Gasteiger partial charge in [0, 0.05) is 19.2 Å². The minimum absolute atomic E-state index is 0.124. The number of rotatable bonds is 8. The first kappa shape index (κ1) is 21.5. The molecule has 0 unspecified atom stereocenters. The summed E-state index contributed by atoms with van der Waals surface area (Å²) in [7, 11) is 1.55. The molecule has 0 fully saturated rings. The number of carbonyl (C=O) groups excluding carboxylic acids is 2. The van der Waals surface area contributed by atoms with Crippen molar-refractivity contribution in [3.8, 4) is 0 Å². The summed E-state index contributed by atoms with van der Waals surface area (Å²) in [6.45, 7) is 2.24. The lowest BCUT2D eigenvalue weighted by Gasteiger charge is -2.20. The maximum atomic E-state index is 12.5. The van der Waals surface area contributed by atoms with E-state index in [1.54, 1.807) is 14.0 Å². The van der Waals surface area contributed by atoms with Crippen molar-refractivity contribution in [1.29, 1.82) is 0 Å². The van der Waals surface area contributed by atoms with Crippen LogP contribution in [0.1, 0.15) is 49.7 Å². The van der Waals surface area contributed by atoms with Gasteiger partial charge >= 0.3 is 5.97 Å². The smallest absolute Gasteiger partial charge is 0.341 e. The van der Waals surface area contributed by atoms with Crippen LogP contribution in [0.3, 0.4) is 0 Å². The number of ether oxygens (including phenoxy) is 1. The lowest BCUT2D eigenvalue weighted by atomic mass is 9.98. The molecule has 30 heavy (non-hydrogen) atoms. The molecular formula is C23H25N3O3S. The summed E-state index contributed by atoms with van der Waals surface area (Å²) >= 11 is 1.10. The summed E-state index contributed by atoms with van der Waals surface area (Å²) in [5.74, 6) is -0.802. The Labute approximate surface area is 180 Å². The second-order valence-corrected chi connectivity index (χ2v) is 7.64. The van der Waals surface area contributed by atoms with Gasteiger partial charge in [-0.3, -0.25) is 4.79 Å². The Hall–Kier alpha value is -3.16. The number of esters is 1. The van der Waals surface area contributed by atoms with E-state index in [1.807, 2.05) is 60.7 Å². The third kappa shape index (κ3) is 4.69. The summed E-state index contributed by atoms with van der Waals surface area (Å²) in [4.78, 5) is 25.4. The number of anilines is 1. The maximum absolute atomic E-state index is 12.5. The topological polar surface area (TPSA) is 93.5 Å². The predicted molar refractivity (Wildman–Crippen MR) is 120 cm³/mol. The van der Waals surface area contributed by atoms with Crippen LogP contribution in [0.5, 0.6) is 0 Å². The average Bonchev–Trinajstić information content (AvgIpc) is 3.11. The molecule has 0 aliphatic carbocycles. The first-order chi connectivity index (χ1) is 14.6. The van der Waals surface area contributed by atoms with Crippen LogP contribution in [0.25, 0.3) is 0 Å². The Morgan fingerprint density at radius 3 is 2.10 bits per heavy atom. The number of nitrogens with two attached hydrogens (primary N) is 1. The van der Waals surface area contributed by atoms with E-state index in [2.05, 4.69) is 10.6 Å². The zero-order chi connectivity index (χ0) is 21.5. The zero-order valence-electron chi connectivity index (χ0n) is 17.0. The molecule has 0 radical (unpaired) electrons. The third-order valence-electron chi connectivity index (χ3n) is 4.70. The minimum Gasteiger partial charge on any atom is -0.462 e. The number of nitrogen functional groups attached to an aromatic ring is 1. The Morgan fingerprint density at radius 2 is 1.60 bits per heavy atom. The lowest BCUT2D eigenvalue weighted by molar-refractivity contribution is 0.0526. The number of hydrogen-bond acceptors (Lipinski definition) is 6. The van der Waals surface area contributed by atoms with Gasteiger partial charge in [-0.25, -0.2) is 4.79 Å². The quantitative estimate of drug-likeness (QED) is 0.480. The zero-order valence-corrected chi connectivity index (χ0v) is 17.8. The first-order valence-electron chi connectivity index (χ1n) is 9.70.